The predicted molar refractivity (Wildman–Crippen MR) is 25.9 cm³/mol. The molecule has 0 bridgehead atoms. The topological polar surface area (TPSA) is 0 Å². The summed E-state index contributed by atoms with van der Waals surface area (Å²) in [5.41, 5.74) is 0. The van der Waals surface area contributed by atoms with Crippen molar-refractivity contribution in [3.63, 3.8) is 0 Å². The van der Waals surface area contributed by atoms with E-state index < -0.39 is 0 Å². The molecule has 0 saturated carbocycles. The van der Waals surface area contributed by atoms with Crippen LogP contribution in [-0.4, -0.2) is 17.4 Å². The third-order valence-corrected chi connectivity index (χ3v) is 0. The summed E-state index contributed by atoms with van der Waals surface area (Å²) in [7, 11) is 4.33. The molecule has 0 heterocycles. The molecule has 0 nitrogen and oxygen atoms in total. The number of hydrogen-bond donors (Lipinski definition) is 1. The third kappa shape index (κ3) is 9.23. The molecular formula is H5AlClLiS. The smallest absolute Gasteiger partial charge is 1.00 e. The first-order valence-electron chi connectivity index (χ1n) is 0.169. The fourth-order valence-corrected chi connectivity index (χ4v) is 0. The van der Waals surface area contributed by atoms with Crippen LogP contribution < -0.4 is 18.9 Å². The molecule has 0 aromatic heterocycles. The van der Waals surface area contributed by atoms with Crippen LogP contribution in [0.5, 0.6) is 0 Å². The van der Waals surface area contributed by atoms with E-state index in [9.17, 15) is 0 Å². The summed E-state index contributed by atoms with van der Waals surface area (Å²) in [6, 6.07) is 0. The van der Waals surface area contributed by atoms with Crippen molar-refractivity contribution in [3.05, 3.63) is 0 Å². The molecule has 22 valence electrons. The second-order valence-electron chi connectivity index (χ2n) is 0. The van der Waals surface area contributed by atoms with Gasteiger partial charge in [-0.05, 0) is 10.7 Å². The van der Waals surface area contributed by atoms with Crippen LogP contribution >= 0.6 is 22.5 Å². The number of thiol groups is 1. The first kappa shape index (κ1) is 17.1. The van der Waals surface area contributed by atoms with Gasteiger partial charge in [0.15, 0.2) is 17.4 Å². The summed E-state index contributed by atoms with van der Waals surface area (Å²) in [5.74, 6) is 0. The molecule has 0 aliphatic rings. The molecule has 4 heteroatoms. The Hall–Kier alpha value is 1.77. The standard InChI is InChI=1S/Al.ClHS.Li.4H/c;1-2;;;;;/h;2H;;;;;/q;;+1;;;;-1. The van der Waals surface area contributed by atoms with Crippen LogP contribution in [0.2, 0.25) is 0 Å². The van der Waals surface area contributed by atoms with Crippen molar-refractivity contribution < 1.29 is 20.3 Å². The van der Waals surface area contributed by atoms with Gasteiger partial charge in [0.1, 0.15) is 0 Å². The van der Waals surface area contributed by atoms with Crippen molar-refractivity contribution in [2.75, 3.05) is 0 Å². The summed E-state index contributed by atoms with van der Waals surface area (Å²) >= 11 is 3.00. The zero-order valence-corrected chi connectivity index (χ0v) is 3.48. The summed E-state index contributed by atoms with van der Waals surface area (Å²) < 4.78 is 0. The molecule has 0 amide bonds. The van der Waals surface area contributed by atoms with Crippen LogP contribution in [0, 0.1) is 0 Å². The van der Waals surface area contributed by atoms with Crippen LogP contribution in [0.25, 0.3) is 0 Å². The second-order valence-corrected chi connectivity index (χ2v) is 0. The molecule has 0 rings (SSSR count). The van der Waals surface area contributed by atoms with Crippen molar-refractivity contribution in [1.29, 1.82) is 0 Å². The van der Waals surface area contributed by atoms with Crippen molar-refractivity contribution in [2.24, 2.45) is 0 Å². The minimum atomic E-state index is 0. The van der Waals surface area contributed by atoms with Crippen molar-refractivity contribution >= 4 is 39.9 Å². The van der Waals surface area contributed by atoms with Crippen LogP contribution in [0.4, 0.5) is 0 Å². The molecule has 0 atom stereocenters. The van der Waals surface area contributed by atoms with Crippen LogP contribution in [0.3, 0.4) is 0 Å². The largest absolute Gasteiger partial charge is 1.00 e. The fraction of sp³-hybridized carbons (Fsp3) is 0. The SMILES string of the molecule is SCl.[AlH3].[H-].[Li+]. The van der Waals surface area contributed by atoms with Gasteiger partial charge in [-0.2, -0.15) is 0 Å². The van der Waals surface area contributed by atoms with Gasteiger partial charge >= 0.3 is 18.9 Å². The van der Waals surface area contributed by atoms with E-state index in [2.05, 4.69) is 22.5 Å². The third-order valence-electron chi connectivity index (χ3n) is 0. The second kappa shape index (κ2) is 21.6. The molecule has 0 spiro atoms. The Morgan fingerprint density at radius 1 is 1.50 bits per heavy atom. The number of hydrogen-bond acceptors (Lipinski definition) is 1. The minimum absolute atomic E-state index is 0. The monoisotopic (exact) mass is 106 g/mol. The zero-order chi connectivity index (χ0) is 2.00. The molecule has 0 fully saturated rings. The predicted octanol–water partition coefficient (Wildman–Crippen LogP) is -3.00. The van der Waals surface area contributed by atoms with Crippen LogP contribution in [-0.2, 0) is 0 Å². The van der Waals surface area contributed by atoms with Gasteiger partial charge in [-0.15, -0.1) is 0 Å². The van der Waals surface area contributed by atoms with E-state index in [1.807, 2.05) is 0 Å². The summed E-state index contributed by atoms with van der Waals surface area (Å²) in [4.78, 5) is 0. The van der Waals surface area contributed by atoms with Crippen molar-refractivity contribution in [2.45, 2.75) is 0 Å². The Morgan fingerprint density at radius 3 is 1.50 bits per heavy atom. The van der Waals surface area contributed by atoms with E-state index in [1.54, 1.807) is 0 Å². The van der Waals surface area contributed by atoms with Crippen molar-refractivity contribution in [3.8, 4) is 0 Å². The average Bonchev–Trinajstić information content (AvgIpc) is 1.00. The van der Waals surface area contributed by atoms with Gasteiger partial charge in [-0.25, -0.2) is 0 Å². The van der Waals surface area contributed by atoms with Gasteiger partial charge in [0.05, 0.1) is 0 Å². The maximum atomic E-state index is 4.33. The molecule has 4 heavy (non-hydrogen) atoms. The normalized spacial score (nSPS) is 1.50. The van der Waals surface area contributed by atoms with E-state index in [0.29, 0.717) is 0 Å². The van der Waals surface area contributed by atoms with E-state index in [1.165, 1.54) is 0 Å². The Labute approximate surface area is 60.0 Å². The molecule has 0 aromatic carbocycles. The maximum Gasteiger partial charge on any atom is 1.00 e. The van der Waals surface area contributed by atoms with Crippen molar-refractivity contribution in [1.82, 2.24) is 0 Å². The molecule has 0 aliphatic carbocycles. The fourth-order valence-electron chi connectivity index (χ4n) is 0. The number of halogens is 1. The first-order chi connectivity index (χ1) is 1.00. The quantitative estimate of drug-likeness (QED) is 0.247. The zero-order valence-electron chi connectivity index (χ0n) is 2.83. The van der Waals surface area contributed by atoms with Gasteiger partial charge in [0, 0.05) is 0 Å². The summed E-state index contributed by atoms with van der Waals surface area (Å²) in [5, 5.41) is 0. The van der Waals surface area contributed by atoms with Gasteiger partial charge in [0.25, 0.3) is 0 Å². The van der Waals surface area contributed by atoms with Gasteiger partial charge in [-0.1, -0.05) is 11.8 Å². The molecular weight excluding hydrogens is 101 g/mol. The average molecular weight is 106 g/mol. The van der Waals surface area contributed by atoms with E-state index in [-0.39, 0.29) is 37.6 Å². The molecule has 0 aromatic rings. The molecule has 0 aliphatic heterocycles. The van der Waals surface area contributed by atoms with E-state index >= 15 is 0 Å². The molecule has 0 saturated heterocycles. The summed E-state index contributed by atoms with van der Waals surface area (Å²) in [6.07, 6.45) is 0. The van der Waals surface area contributed by atoms with Gasteiger partial charge < -0.3 is 1.43 Å². The molecule has 0 N–H and O–H groups in total. The van der Waals surface area contributed by atoms with Gasteiger partial charge in [-0.3, -0.25) is 0 Å². The van der Waals surface area contributed by atoms with Crippen LogP contribution in [0.1, 0.15) is 1.43 Å². The maximum absolute atomic E-state index is 4.33. The Balaban J connectivity index is -0.00000000167. The minimum Gasteiger partial charge on any atom is -1.00 e. The Kier molecular flexibility index (Phi) is 92.6. The Bertz CT molecular complexity index is 11.6. The molecule has 0 radical (unpaired) electrons. The van der Waals surface area contributed by atoms with Crippen LogP contribution in [0.15, 0.2) is 0 Å². The number of rotatable bonds is 0. The Morgan fingerprint density at radius 2 is 1.50 bits per heavy atom. The molecule has 0 unspecified atom stereocenters. The first-order valence-corrected chi connectivity index (χ1v) is 1.52. The van der Waals surface area contributed by atoms with E-state index in [0.717, 1.165) is 0 Å². The summed E-state index contributed by atoms with van der Waals surface area (Å²) in [6.45, 7) is 0. The van der Waals surface area contributed by atoms with Gasteiger partial charge in [0.2, 0.25) is 0 Å². The van der Waals surface area contributed by atoms with E-state index in [4.69, 9.17) is 0 Å².